The zero-order valence-electron chi connectivity index (χ0n) is 16.0. The van der Waals surface area contributed by atoms with Crippen LogP contribution in [0.1, 0.15) is 44.4 Å². The second-order valence-electron chi connectivity index (χ2n) is 8.55. The zero-order valence-corrected chi connectivity index (χ0v) is 17.5. The topological polar surface area (TPSA) is 35.8 Å². The van der Waals surface area contributed by atoms with Gasteiger partial charge in [-0.15, -0.1) is 0 Å². The Kier molecular flexibility index (Phi) is 5.74. The van der Waals surface area contributed by atoms with Gasteiger partial charge in [0.2, 0.25) is 0 Å². The van der Waals surface area contributed by atoms with Gasteiger partial charge in [-0.05, 0) is 36.0 Å². The maximum atomic E-state index is 15.0. The van der Waals surface area contributed by atoms with Crippen LogP contribution in [0.2, 0.25) is 10.0 Å². The van der Waals surface area contributed by atoms with Crippen LogP contribution in [0.3, 0.4) is 0 Å². The second-order valence-corrected chi connectivity index (χ2v) is 9.39. The van der Waals surface area contributed by atoms with Crippen molar-refractivity contribution in [2.45, 2.75) is 38.6 Å². The van der Waals surface area contributed by atoms with Gasteiger partial charge >= 0.3 is 0 Å². The molecule has 0 aromatic heterocycles. The minimum atomic E-state index is -1.30. The third-order valence-electron chi connectivity index (χ3n) is 5.38. The molecule has 1 aliphatic rings. The lowest BCUT2D eigenvalue weighted by atomic mass is 9.63. The fourth-order valence-electron chi connectivity index (χ4n) is 4.31. The highest BCUT2D eigenvalue weighted by Gasteiger charge is 2.55. The smallest absolute Gasteiger partial charge is 0.146 e. The molecule has 0 spiro atoms. The molecule has 2 aromatic carbocycles. The van der Waals surface area contributed by atoms with E-state index in [1.807, 2.05) is 0 Å². The van der Waals surface area contributed by atoms with Crippen LogP contribution in [0.5, 0.6) is 0 Å². The Morgan fingerprint density at radius 3 is 2.54 bits per heavy atom. The third-order valence-corrected chi connectivity index (χ3v) is 5.91. The van der Waals surface area contributed by atoms with Gasteiger partial charge in [0.15, 0.2) is 0 Å². The lowest BCUT2D eigenvalue weighted by molar-refractivity contribution is 0.246. The van der Waals surface area contributed by atoms with E-state index in [0.29, 0.717) is 13.0 Å². The molecule has 0 radical (unpaired) electrons. The number of benzene rings is 2. The van der Waals surface area contributed by atoms with E-state index >= 15 is 4.39 Å². The molecule has 0 bridgehead atoms. The molecule has 0 amide bonds. The first-order valence-electron chi connectivity index (χ1n) is 9.14. The predicted octanol–water partition coefficient (Wildman–Crippen LogP) is 6.43. The van der Waals surface area contributed by atoms with E-state index < -0.39 is 23.1 Å². The second kappa shape index (κ2) is 7.63. The van der Waals surface area contributed by atoms with Crippen LogP contribution in [0.4, 0.5) is 8.78 Å². The molecule has 1 fully saturated rings. The highest BCUT2D eigenvalue weighted by Crippen LogP contribution is 2.52. The van der Waals surface area contributed by atoms with Gasteiger partial charge in [-0.3, -0.25) is 0 Å². The van der Waals surface area contributed by atoms with Gasteiger partial charge in [0.1, 0.15) is 17.0 Å². The van der Waals surface area contributed by atoms with Crippen LogP contribution in [0, 0.1) is 34.3 Å². The summed E-state index contributed by atoms with van der Waals surface area (Å²) in [6.45, 7) is 6.67. The first-order chi connectivity index (χ1) is 13.1. The Balaban J connectivity index is 2.25. The Hall–Kier alpha value is -1.67. The average molecular weight is 423 g/mol. The average Bonchev–Trinajstić information content (AvgIpc) is 2.94. The van der Waals surface area contributed by atoms with Gasteiger partial charge in [0.05, 0.1) is 17.1 Å². The van der Waals surface area contributed by atoms with Crippen molar-refractivity contribution in [2.75, 3.05) is 6.54 Å². The minimum absolute atomic E-state index is 0.0259. The lowest BCUT2D eigenvalue weighted by Crippen LogP contribution is -2.39. The van der Waals surface area contributed by atoms with Crippen LogP contribution in [-0.4, -0.2) is 6.54 Å². The fourth-order valence-corrected chi connectivity index (χ4v) is 4.65. The van der Waals surface area contributed by atoms with Gasteiger partial charge in [-0.2, -0.15) is 5.26 Å². The largest absolute Gasteiger partial charge is 0.308 e. The van der Waals surface area contributed by atoms with E-state index in [-0.39, 0.29) is 32.5 Å². The van der Waals surface area contributed by atoms with E-state index in [1.165, 1.54) is 12.1 Å². The Morgan fingerprint density at radius 1 is 1.21 bits per heavy atom. The van der Waals surface area contributed by atoms with Crippen molar-refractivity contribution in [1.82, 2.24) is 5.32 Å². The summed E-state index contributed by atoms with van der Waals surface area (Å²) in [6.07, 6.45) is 0.661. The monoisotopic (exact) mass is 422 g/mol. The van der Waals surface area contributed by atoms with Crippen molar-refractivity contribution in [1.29, 1.82) is 5.26 Å². The molecule has 1 aliphatic heterocycles. The van der Waals surface area contributed by atoms with E-state index in [1.54, 1.807) is 24.3 Å². The van der Waals surface area contributed by atoms with Crippen molar-refractivity contribution in [2.24, 2.45) is 11.3 Å². The molecule has 1 N–H and O–H groups in total. The quantitative estimate of drug-likeness (QED) is 0.618. The molecule has 1 heterocycles. The highest BCUT2D eigenvalue weighted by atomic mass is 35.5. The van der Waals surface area contributed by atoms with E-state index in [0.717, 1.165) is 0 Å². The predicted molar refractivity (Wildman–Crippen MR) is 108 cm³/mol. The number of nitrogens with one attached hydrogen (secondary N) is 1. The van der Waals surface area contributed by atoms with Crippen LogP contribution in [-0.2, 0) is 5.41 Å². The van der Waals surface area contributed by atoms with Crippen molar-refractivity contribution >= 4 is 23.2 Å². The molecule has 28 heavy (non-hydrogen) atoms. The summed E-state index contributed by atoms with van der Waals surface area (Å²) in [4.78, 5) is 0. The zero-order chi connectivity index (χ0) is 20.7. The van der Waals surface area contributed by atoms with Crippen molar-refractivity contribution in [3.05, 3.63) is 69.2 Å². The molecular weight excluding hydrogens is 401 g/mol. The molecule has 1 saturated heterocycles. The number of rotatable bonds is 3. The molecule has 0 saturated carbocycles. The van der Waals surface area contributed by atoms with Gasteiger partial charge in [-0.1, -0.05) is 62.2 Å². The summed E-state index contributed by atoms with van der Waals surface area (Å²) in [5.41, 5.74) is -0.908. The van der Waals surface area contributed by atoms with Crippen LogP contribution in [0.15, 0.2) is 36.4 Å². The summed E-state index contributed by atoms with van der Waals surface area (Å²) in [5, 5.41) is 13.9. The molecule has 0 aliphatic carbocycles. The van der Waals surface area contributed by atoms with Crippen LogP contribution >= 0.6 is 23.2 Å². The first kappa shape index (κ1) is 21.0. The summed E-state index contributed by atoms with van der Waals surface area (Å²) in [6, 6.07) is 10.6. The van der Waals surface area contributed by atoms with E-state index in [9.17, 15) is 9.65 Å². The first-order valence-corrected chi connectivity index (χ1v) is 9.90. The van der Waals surface area contributed by atoms with Crippen LogP contribution in [0.25, 0.3) is 0 Å². The Labute approximate surface area is 174 Å². The Bertz CT molecular complexity index is 933. The van der Waals surface area contributed by atoms with Gasteiger partial charge in [0.25, 0.3) is 0 Å². The van der Waals surface area contributed by atoms with Gasteiger partial charge in [-0.25, -0.2) is 8.78 Å². The van der Waals surface area contributed by atoms with Gasteiger partial charge in [0, 0.05) is 22.7 Å². The molecule has 0 unspecified atom stereocenters. The number of hydrogen-bond acceptors (Lipinski definition) is 2. The number of halogens is 4. The maximum Gasteiger partial charge on any atom is 0.146 e. The third kappa shape index (κ3) is 3.64. The van der Waals surface area contributed by atoms with Crippen molar-refractivity contribution in [3.63, 3.8) is 0 Å². The standard InChI is InChI=1S/C22H22Cl2F2N2/c1-21(2,3)10-13-11-28-20(15-5-4-6-17(24)19(15)26)22(13,12-27)16-8-7-14(23)9-18(16)25/h4-9,13,20,28H,10-11H2,1-3H3/t13-,20-,22-/m1/s1. The highest BCUT2D eigenvalue weighted by molar-refractivity contribution is 6.31. The van der Waals surface area contributed by atoms with E-state index in [2.05, 4.69) is 32.2 Å². The van der Waals surface area contributed by atoms with Crippen molar-refractivity contribution < 1.29 is 8.78 Å². The Morgan fingerprint density at radius 2 is 1.93 bits per heavy atom. The number of nitriles is 1. The molecule has 148 valence electrons. The summed E-state index contributed by atoms with van der Waals surface area (Å²) in [5.74, 6) is -1.38. The number of nitrogens with zero attached hydrogens (tertiary/aromatic N) is 1. The summed E-state index contributed by atoms with van der Waals surface area (Å²) in [7, 11) is 0. The fraction of sp³-hybridized carbons (Fsp3) is 0.409. The molecule has 2 aromatic rings. The summed E-state index contributed by atoms with van der Waals surface area (Å²) >= 11 is 11.9. The molecule has 6 heteroatoms. The molecule has 3 atom stereocenters. The normalized spacial score (nSPS) is 24.9. The van der Waals surface area contributed by atoms with E-state index in [4.69, 9.17) is 23.2 Å². The maximum absolute atomic E-state index is 15.0. The summed E-state index contributed by atoms with van der Waals surface area (Å²) < 4.78 is 29.9. The molecular formula is C22H22Cl2F2N2. The number of hydrogen-bond donors (Lipinski definition) is 1. The molecule has 3 rings (SSSR count). The van der Waals surface area contributed by atoms with Crippen LogP contribution < -0.4 is 5.32 Å². The lowest BCUT2D eigenvalue weighted by Gasteiger charge is -2.37. The van der Waals surface area contributed by atoms with Gasteiger partial charge < -0.3 is 5.32 Å². The molecule has 2 nitrogen and oxygen atoms in total. The minimum Gasteiger partial charge on any atom is -0.308 e. The SMILES string of the molecule is CC(C)(C)C[C@@H]1CN[C@H](c2cccc(Cl)c2F)[C@@]1(C#N)c1ccc(Cl)cc1F. The van der Waals surface area contributed by atoms with Crippen molar-refractivity contribution in [3.8, 4) is 6.07 Å².